The number of rotatable bonds is 8. The minimum absolute atomic E-state index is 0.174. The molecule has 0 aliphatic heterocycles. The van der Waals surface area contributed by atoms with Crippen molar-refractivity contribution < 1.29 is 12.6 Å². The minimum Gasteiger partial charge on any atom is -0.263 e. The van der Waals surface area contributed by atoms with E-state index < -0.39 is 10.1 Å². The summed E-state index contributed by atoms with van der Waals surface area (Å²) in [5, 5.41) is 0. The highest BCUT2D eigenvalue weighted by atomic mass is 32.2. The number of fused-ring (bicyclic) bond motifs is 5. The van der Waals surface area contributed by atoms with E-state index in [9.17, 15) is 8.42 Å². The van der Waals surface area contributed by atoms with Crippen molar-refractivity contribution in [2.45, 2.75) is 130 Å². The largest absolute Gasteiger partial charge is 0.297 e. The van der Waals surface area contributed by atoms with E-state index in [1.54, 1.807) is 12.1 Å². The van der Waals surface area contributed by atoms with E-state index in [4.69, 9.17) is 4.18 Å². The molecule has 0 aromatic heterocycles. The molecule has 0 amide bonds. The lowest BCUT2D eigenvalue weighted by molar-refractivity contribution is -0.126. The van der Waals surface area contributed by atoms with Crippen LogP contribution < -0.4 is 0 Å². The molecular formula is C34H54O3S. The van der Waals surface area contributed by atoms with Gasteiger partial charge in [-0.15, -0.1) is 0 Å². The molecule has 4 saturated carbocycles. The van der Waals surface area contributed by atoms with Crippen molar-refractivity contribution in [3.63, 3.8) is 0 Å². The van der Waals surface area contributed by atoms with Gasteiger partial charge in [-0.3, -0.25) is 4.18 Å². The van der Waals surface area contributed by atoms with Gasteiger partial charge < -0.3 is 0 Å². The van der Waals surface area contributed by atoms with E-state index in [0.717, 1.165) is 60.3 Å². The second-order valence-electron chi connectivity index (χ2n) is 14.9. The second kappa shape index (κ2) is 10.8. The molecule has 4 heteroatoms. The van der Waals surface area contributed by atoms with Gasteiger partial charge in [-0.1, -0.05) is 71.6 Å². The summed E-state index contributed by atoms with van der Waals surface area (Å²) in [4.78, 5) is 0.293. The SMILES string of the molecule is Cc1ccc(S(=O)(=O)O[C@@H]2CC[C@@]3(C)[C@@H](CC[C@@H]4[C@H]5CC[C@H]([C@H](C)CCCC(C)C)[C@]5(C)CC[C@H]43)C2)cc1. The number of hydrogen-bond acceptors (Lipinski definition) is 3. The molecule has 4 fully saturated rings. The van der Waals surface area contributed by atoms with Crippen molar-refractivity contribution in [2.75, 3.05) is 0 Å². The maximum absolute atomic E-state index is 13.0. The van der Waals surface area contributed by atoms with Gasteiger partial charge in [0.1, 0.15) is 0 Å². The summed E-state index contributed by atoms with van der Waals surface area (Å²) in [6.07, 6.45) is 15.2. The molecule has 4 aliphatic carbocycles. The minimum atomic E-state index is -3.70. The Balaban J connectivity index is 1.24. The Labute approximate surface area is 234 Å². The Morgan fingerprint density at radius 3 is 2.26 bits per heavy atom. The van der Waals surface area contributed by atoms with Crippen molar-refractivity contribution in [3.05, 3.63) is 29.8 Å². The fourth-order valence-corrected chi connectivity index (χ4v) is 11.4. The molecule has 214 valence electrons. The molecular weight excluding hydrogens is 488 g/mol. The summed E-state index contributed by atoms with van der Waals surface area (Å²) >= 11 is 0. The van der Waals surface area contributed by atoms with Crippen molar-refractivity contribution in [1.82, 2.24) is 0 Å². The monoisotopic (exact) mass is 542 g/mol. The molecule has 0 unspecified atom stereocenters. The zero-order valence-corrected chi connectivity index (χ0v) is 25.9. The number of hydrogen-bond donors (Lipinski definition) is 0. The molecule has 0 radical (unpaired) electrons. The average Bonchev–Trinajstić information content (AvgIpc) is 3.21. The number of benzene rings is 1. The van der Waals surface area contributed by atoms with E-state index >= 15 is 0 Å². The van der Waals surface area contributed by atoms with Gasteiger partial charge in [0.2, 0.25) is 0 Å². The fourth-order valence-electron chi connectivity index (χ4n) is 10.3. The Morgan fingerprint density at radius 2 is 1.55 bits per heavy atom. The summed E-state index contributed by atoms with van der Waals surface area (Å²) in [5.41, 5.74) is 1.94. The highest BCUT2D eigenvalue weighted by Crippen LogP contribution is 2.68. The van der Waals surface area contributed by atoms with Crippen molar-refractivity contribution in [3.8, 4) is 0 Å². The Bertz CT molecular complexity index is 1060. The normalized spacial score (nSPS) is 39.9. The lowest BCUT2D eigenvalue weighted by Crippen LogP contribution is -2.54. The van der Waals surface area contributed by atoms with E-state index in [2.05, 4.69) is 34.6 Å². The molecule has 5 rings (SSSR count). The van der Waals surface area contributed by atoms with Crippen LogP contribution >= 0.6 is 0 Å². The van der Waals surface area contributed by atoms with Gasteiger partial charge in [0.15, 0.2) is 0 Å². The van der Waals surface area contributed by atoms with E-state index in [-0.39, 0.29) is 6.10 Å². The first kappa shape index (κ1) is 28.7. The molecule has 0 N–H and O–H groups in total. The zero-order valence-electron chi connectivity index (χ0n) is 25.0. The van der Waals surface area contributed by atoms with Crippen molar-refractivity contribution in [1.29, 1.82) is 0 Å². The maximum Gasteiger partial charge on any atom is 0.297 e. The third kappa shape index (κ3) is 5.27. The lowest BCUT2D eigenvalue weighted by Gasteiger charge is -2.61. The third-order valence-electron chi connectivity index (χ3n) is 12.4. The highest BCUT2D eigenvalue weighted by Gasteiger charge is 2.60. The van der Waals surface area contributed by atoms with E-state index in [1.165, 1.54) is 57.8 Å². The standard InChI is InChI=1S/C34H54O3S/c1-23(2)8-7-9-25(4)30-16-17-31-29-15-12-26-22-27(37-38(35,36)28-13-10-24(3)11-14-28)18-20-33(26,5)32(29)19-21-34(30,31)6/h10-11,13-14,23,25-27,29-32H,7-9,12,15-22H2,1-6H3/t25-,26+,27-,29-,30-,31-,32-,33+,34+/m1/s1. The summed E-state index contributed by atoms with van der Waals surface area (Å²) in [6.45, 7) is 14.5. The first-order valence-corrected chi connectivity index (χ1v) is 17.3. The Morgan fingerprint density at radius 1 is 0.868 bits per heavy atom. The van der Waals surface area contributed by atoms with Crippen LogP contribution in [0.2, 0.25) is 0 Å². The van der Waals surface area contributed by atoms with Crippen LogP contribution in [-0.2, 0) is 14.3 Å². The van der Waals surface area contributed by atoms with Gasteiger partial charge >= 0.3 is 0 Å². The summed E-state index contributed by atoms with van der Waals surface area (Å²) in [5.74, 6) is 5.75. The Hall–Kier alpha value is -0.870. The first-order valence-electron chi connectivity index (χ1n) is 15.9. The van der Waals surface area contributed by atoms with Crippen LogP contribution in [-0.4, -0.2) is 14.5 Å². The number of aryl methyl sites for hydroxylation is 1. The van der Waals surface area contributed by atoms with Gasteiger partial charge in [0.05, 0.1) is 11.0 Å². The first-order chi connectivity index (χ1) is 17.9. The summed E-state index contributed by atoms with van der Waals surface area (Å²) < 4.78 is 31.9. The third-order valence-corrected chi connectivity index (χ3v) is 13.8. The van der Waals surface area contributed by atoms with Gasteiger partial charge in [-0.05, 0) is 129 Å². The second-order valence-corrected chi connectivity index (χ2v) is 16.5. The smallest absolute Gasteiger partial charge is 0.263 e. The fraction of sp³-hybridized carbons (Fsp3) is 0.824. The molecule has 1 aromatic rings. The zero-order chi connectivity index (χ0) is 27.3. The molecule has 3 nitrogen and oxygen atoms in total. The average molecular weight is 543 g/mol. The quantitative estimate of drug-likeness (QED) is 0.308. The lowest BCUT2D eigenvalue weighted by atomic mass is 9.44. The van der Waals surface area contributed by atoms with Crippen LogP contribution in [0.5, 0.6) is 0 Å². The maximum atomic E-state index is 13.0. The predicted molar refractivity (Wildman–Crippen MR) is 156 cm³/mol. The van der Waals surface area contributed by atoms with Crippen molar-refractivity contribution in [2.24, 2.45) is 52.3 Å². The van der Waals surface area contributed by atoms with Crippen LogP contribution in [0, 0.1) is 59.2 Å². The van der Waals surface area contributed by atoms with E-state index in [0.29, 0.717) is 21.6 Å². The molecule has 4 aliphatic rings. The van der Waals surface area contributed by atoms with Crippen LogP contribution in [0.1, 0.15) is 117 Å². The van der Waals surface area contributed by atoms with Gasteiger partial charge in [0, 0.05) is 0 Å². The predicted octanol–water partition coefficient (Wildman–Crippen LogP) is 9.19. The van der Waals surface area contributed by atoms with Gasteiger partial charge in [0.25, 0.3) is 10.1 Å². The van der Waals surface area contributed by atoms with Gasteiger partial charge in [-0.25, -0.2) is 0 Å². The molecule has 0 saturated heterocycles. The van der Waals surface area contributed by atoms with Crippen molar-refractivity contribution >= 4 is 10.1 Å². The highest BCUT2D eigenvalue weighted by molar-refractivity contribution is 7.86. The molecule has 0 bridgehead atoms. The van der Waals surface area contributed by atoms with Crippen LogP contribution in [0.15, 0.2) is 29.2 Å². The van der Waals surface area contributed by atoms with Gasteiger partial charge in [-0.2, -0.15) is 8.42 Å². The molecule has 1 aromatic carbocycles. The summed E-state index contributed by atoms with van der Waals surface area (Å²) in [7, 11) is -3.70. The molecule has 0 spiro atoms. The molecule has 38 heavy (non-hydrogen) atoms. The molecule has 9 atom stereocenters. The summed E-state index contributed by atoms with van der Waals surface area (Å²) in [6, 6.07) is 7.07. The molecule has 0 heterocycles. The van der Waals surface area contributed by atoms with E-state index in [1.807, 2.05) is 19.1 Å². The van der Waals surface area contributed by atoms with Crippen LogP contribution in [0.3, 0.4) is 0 Å². The van der Waals surface area contributed by atoms with Crippen LogP contribution in [0.4, 0.5) is 0 Å². The topological polar surface area (TPSA) is 43.4 Å². The van der Waals surface area contributed by atoms with Crippen LogP contribution in [0.25, 0.3) is 0 Å². The Kier molecular flexibility index (Phi) is 8.17.